The van der Waals surface area contributed by atoms with Crippen LogP contribution in [0.3, 0.4) is 0 Å². The van der Waals surface area contributed by atoms with Crippen molar-refractivity contribution in [3.63, 3.8) is 0 Å². The van der Waals surface area contributed by atoms with Gasteiger partial charge in [-0.1, -0.05) is 41.0 Å². The normalized spacial score (nSPS) is 12.2. The highest BCUT2D eigenvalue weighted by Crippen LogP contribution is 2.26. The number of nitrogens with one attached hydrogen (secondary N) is 1. The molecule has 0 radical (unpaired) electrons. The first-order valence-electron chi connectivity index (χ1n) is 7.76. The summed E-state index contributed by atoms with van der Waals surface area (Å²) in [5.74, 6) is 0.709. The van der Waals surface area contributed by atoms with Gasteiger partial charge in [-0.25, -0.2) is 0 Å². The van der Waals surface area contributed by atoms with Crippen LogP contribution in [0, 0.1) is 0 Å². The molecule has 0 fully saturated rings. The van der Waals surface area contributed by atoms with Gasteiger partial charge in [-0.05, 0) is 36.6 Å². The van der Waals surface area contributed by atoms with Gasteiger partial charge >= 0.3 is 0 Å². The van der Waals surface area contributed by atoms with E-state index in [2.05, 4.69) is 21.6 Å². The Balaban J connectivity index is 1.64. The fourth-order valence-corrected chi connectivity index (χ4v) is 4.31. The van der Waals surface area contributed by atoms with Gasteiger partial charge in [-0.15, -0.1) is 21.5 Å². The Labute approximate surface area is 169 Å². The number of thiophene rings is 1. The van der Waals surface area contributed by atoms with Crippen molar-refractivity contribution in [3.8, 4) is 0 Å². The van der Waals surface area contributed by atoms with Gasteiger partial charge < -0.3 is 9.88 Å². The topological polar surface area (TPSA) is 59.8 Å². The van der Waals surface area contributed by atoms with Crippen molar-refractivity contribution in [3.05, 3.63) is 56.5 Å². The molecule has 0 saturated carbocycles. The summed E-state index contributed by atoms with van der Waals surface area (Å²) >= 11 is 15.0. The summed E-state index contributed by atoms with van der Waals surface area (Å²) in [6.45, 7) is 1.82. The number of benzene rings is 1. The molecule has 0 spiro atoms. The van der Waals surface area contributed by atoms with Crippen LogP contribution in [0.4, 0.5) is 5.69 Å². The molecule has 9 heteroatoms. The van der Waals surface area contributed by atoms with Gasteiger partial charge in [0.05, 0.1) is 5.25 Å². The van der Waals surface area contributed by atoms with E-state index >= 15 is 0 Å². The van der Waals surface area contributed by atoms with E-state index in [-0.39, 0.29) is 11.2 Å². The minimum absolute atomic E-state index is 0.156. The van der Waals surface area contributed by atoms with Crippen LogP contribution in [0.15, 0.2) is 40.9 Å². The third-order valence-electron chi connectivity index (χ3n) is 3.62. The first-order valence-corrected chi connectivity index (χ1v) is 10.3. The average molecular weight is 427 g/mol. The summed E-state index contributed by atoms with van der Waals surface area (Å²) in [4.78, 5) is 13.7. The molecular formula is C17H16Cl2N4OS2. The molecule has 1 amide bonds. The maximum atomic E-state index is 12.4. The van der Waals surface area contributed by atoms with Crippen molar-refractivity contribution in [2.24, 2.45) is 7.05 Å². The number of amides is 1. The number of aromatic nitrogens is 3. The third kappa shape index (κ3) is 4.79. The number of anilines is 1. The Hall–Kier alpha value is -1.54. The largest absolute Gasteiger partial charge is 0.325 e. The van der Waals surface area contributed by atoms with Gasteiger partial charge in [0.15, 0.2) is 5.16 Å². The van der Waals surface area contributed by atoms with Crippen LogP contribution in [0.25, 0.3) is 0 Å². The minimum Gasteiger partial charge on any atom is -0.325 e. The highest BCUT2D eigenvalue weighted by Gasteiger charge is 2.19. The van der Waals surface area contributed by atoms with Gasteiger partial charge in [0.2, 0.25) is 5.91 Å². The van der Waals surface area contributed by atoms with E-state index in [1.165, 1.54) is 16.6 Å². The molecule has 0 aliphatic heterocycles. The lowest BCUT2D eigenvalue weighted by Crippen LogP contribution is -2.22. The zero-order valence-electron chi connectivity index (χ0n) is 14.1. The Morgan fingerprint density at radius 1 is 1.31 bits per heavy atom. The van der Waals surface area contributed by atoms with Gasteiger partial charge in [-0.3, -0.25) is 4.79 Å². The molecule has 26 heavy (non-hydrogen) atoms. The Bertz CT molecular complexity index is 891. The van der Waals surface area contributed by atoms with Gasteiger partial charge in [0, 0.05) is 34.1 Å². The van der Waals surface area contributed by atoms with E-state index in [1.807, 2.05) is 30.0 Å². The van der Waals surface area contributed by atoms with E-state index in [0.717, 1.165) is 12.2 Å². The second kappa shape index (κ2) is 8.43. The molecule has 3 aromatic rings. The van der Waals surface area contributed by atoms with Crippen molar-refractivity contribution in [1.29, 1.82) is 0 Å². The Kier molecular flexibility index (Phi) is 6.24. The maximum Gasteiger partial charge on any atom is 0.237 e. The van der Waals surface area contributed by atoms with Crippen molar-refractivity contribution in [2.45, 2.75) is 23.8 Å². The van der Waals surface area contributed by atoms with Gasteiger partial charge in [-0.2, -0.15) is 0 Å². The summed E-state index contributed by atoms with van der Waals surface area (Å²) < 4.78 is 1.92. The molecule has 1 unspecified atom stereocenters. The van der Waals surface area contributed by atoms with Gasteiger partial charge in [0.1, 0.15) is 5.82 Å². The van der Waals surface area contributed by atoms with Crippen molar-refractivity contribution in [2.75, 3.05) is 5.32 Å². The fraction of sp³-hybridized carbons (Fsp3) is 0.235. The monoisotopic (exact) mass is 426 g/mol. The zero-order chi connectivity index (χ0) is 18.7. The van der Waals surface area contributed by atoms with Crippen LogP contribution < -0.4 is 5.32 Å². The molecule has 5 nitrogen and oxygen atoms in total. The highest BCUT2D eigenvalue weighted by molar-refractivity contribution is 8.00. The predicted molar refractivity (Wildman–Crippen MR) is 109 cm³/mol. The SMILES string of the molecule is CC(Sc1nnc(Cc2cccs2)n1C)C(=O)Nc1cc(Cl)cc(Cl)c1. The molecule has 0 saturated heterocycles. The number of halogens is 2. The lowest BCUT2D eigenvalue weighted by molar-refractivity contribution is -0.115. The summed E-state index contributed by atoms with van der Waals surface area (Å²) in [6.07, 6.45) is 0.726. The van der Waals surface area contributed by atoms with Crippen molar-refractivity contribution >= 4 is 57.9 Å². The Morgan fingerprint density at radius 3 is 2.69 bits per heavy atom. The number of carbonyl (C=O) groups excluding carboxylic acids is 1. The summed E-state index contributed by atoms with van der Waals surface area (Å²) in [7, 11) is 1.91. The number of hydrogen-bond acceptors (Lipinski definition) is 5. The first kappa shape index (κ1) is 19.2. The van der Waals surface area contributed by atoms with E-state index in [9.17, 15) is 4.79 Å². The second-order valence-electron chi connectivity index (χ2n) is 5.62. The van der Waals surface area contributed by atoms with Crippen LogP contribution in [0.1, 0.15) is 17.6 Å². The highest BCUT2D eigenvalue weighted by atomic mass is 35.5. The number of nitrogens with zero attached hydrogens (tertiary/aromatic N) is 3. The lowest BCUT2D eigenvalue weighted by Gasteiger charge is -2.12. The predicted octanol–water partition coefficient (Wildman–Crippen LogP) is 4.89. The first-order chi connectivity index (χ1) is 12.4. The molecule has 0 aliphatic carbocycles. The lowest BCUT2D eigenvalue weighted by atomic mass is 10.3. The number of rotatable bonds is 6. The van der Waals surface area contributed by atoms with E-state index in [4.69, 9.17) is 23.2 Å². The van der Waals surface area contributed by atoms with Crippen LogP contribution in [0.2, 0.25) is 10.0 Å². The molecule has 1 N–H and O–H groups in total. The number of hydrogen-bond donors (Lipinski definition) is 1. The molecule has 136 valence electrons. The molecular weight excluding hydrogens is 411 g/mol. The maximum absolute atomic E-state index is 12.4. The summed E-state index contributed by atoms with van der Waals surface area (Å²) in [6, 6.07) is 9.01. The van der Waals surface area contributed by atoms with Crippen molar-refractivity contribution in [1.82, 2.24) is 14.8 Å². The zero-order valence-corrected chi connectivity index (χ0v) is 17.2. The van der Waals surface area contributed by atoms with Crippen molar-refractivity contribution < 1.29 is 4.79 Å². The molecule has 1 aromatic carbocycles. The minimum atomic E-state index is -0.356. The average Bonchev–Trinajstić information content (AvgIpc) is 3.19. The summed E-state index contributed by atoms with van der Waals surface area (Å²) in [5.41, 5.74) is 0.566. The van der Waals surface area contributed by atoms with E-state index in [1.54, 1.807) is 29.5 Å². The second-order valence-corrected chi connectivity index (χ2v) is 8.83. The number of thioether (sulfide) groups is 1. The summed E-state index contributed by atoms with van der Waals surface area (Å²) in [5, 5.41) is 14.6. The van der Waals surface area contributed by atoms with Crippen LogP contribution >= 0.6 is 46.3 Å². The van der Waals surface area contributed by atoms with Crippen LogP contribution in [-0.4, -0.2) is 25.9 Å². The molecule has 0 bridgehead atoms. The molecule has 2 heterocycles. The quantitative estimate of drug-likeness (QED) is 0.569. The van der Waals surface area contributed by atoms with E-state index in [0.29, 0.717) is 20.9 Å². The third-order valence-corrected chi connectivity index (χ3v) is 6.07. The van der Waals surface area contributed by atoms with Gasteiger partial charge in [0.25, 0.3) is 0 Å². The molecule has 1 atom stereocenters. The smallest absolute Gasteiger partial charge is 0.237 e. The van der Waals surface area contributed by atoms with Crippen LogP contribution in [0.5, 0.6) is 0 Å². The Morgan fingerprint density at radius 2 is 2.04 bits per heavy atom. The fourth-order valence-electron chi connectivity index (χ4n) is 2.25. The van der Waals surface area contributed by atoms with Crippen LogP contribution in [-0.2, 0) is 18.3 Å². The molecule has 0 aliphatic rings. The number of carbonyl (C=O) groups is 1. The standard InChI is InChI=1S/C17H16Cl2N4OS2/c1-10(16(24)20-13-7-11(18)6-12(19)8-13)26-17-22-21-15(23(17)2)9-14-4-3-5-25-14/h3-8,10H,9H2,1-2H3,(H,20,24). The molecule has 2 aromatic heterocycles. The van der Waals surface area contributed by atoms with E-state index < -0.39 is 0 Å². The molecule has 3 rings (SSSR count).